The molecule has 0 aliphatic heterocycles. The van der Waals surface area contributed by atoms with E-state index in [4.69, 9.17) is 10.00 Å². The van der Waals surface area contributed by atoms with E-state index in [2.05, 4.69) is 5.10 Å². The van der Waals surface area contributed by atoms with E-state index in [1.165, 1.54) is 18.5 Å². The zero-order valence-corrected chi connectivity index (χ0v) is 12.6. The van der Waals surface area contributed by atoms with Crippen molar-refractivity contribution < 1.29 is 14.5 Å². The molecular weight excluding hydrogens is 300 g/mol. The monoisotopic (exact) mass is 314 g/mol. The molecule has 2 aromatic rings. The molecule has 0 radical (unpaired) electrons. The van der Waals surface area contributed by atoms with Gasteiger partial charge in [-0.3, -0.25) is 19.6 Å². The highest BCUT2D eigenvalue weighted by atomic mass is 16.6. The fraction of sp³-hybridized carbons (Fsp3) is 0.267. The number of rotatable bonds is 5. The van der Waals surface area contributed by atoms with Crippen LogP contribution in [-0.2, 0) is 22.7 Å². The Hall–Kier alpha value is -3.21. The van der Waals surface area contributed by atoms with Crippen molar-refractivity contribution in [3.05, 3.63) is 56.9 Å². The van der Waals surface area contributed by atoms with Crippen LogP contribution in [0, 0.1) is 35.3 Å². The molecule has 0 aliphatic rings. The maximum atomic E-state index is 11.8. The van der Waals surface area contributed by atoms with Crippen LogP contribution in [0.5, 0.6) is 0 Å². The van der Waals surface area contributed by atoms with Crippen molar-refractivity contribution in [1.29, 1.82) is 5.26 Å². The van der Waals surface area contributed by atoms with Gasteiger partial charge in [0.05, 0.1) is 16.6 Å². The zero-order valence-electron chi connectivity index (χ0n) is 12.6. The third kappa shape index (κ3) is 3.71. The van der Waals surface area contributed by atoms with Crippen LogP contribution in [0.25, 0.3) is 0 Å². The van der Waals surface area contributed by atoms with Crippen LogP contribution >= 0.6 is 0 Å². The largest absolute Gasteiger partial charge is 0.459 e. The highest BCUT2D eigenvalue weighted by molar-refractivity contribution is 5.69. The summed E-state index contributed by atoms with van der Waals surface area (Å²) in [5, 5.41) is 23.6. The molecule has 0 N–H and O–H groups in total. The van der Waals surface area contributed by atoms with Crippen LogP contribution < -0.4 is 0 Å². The molecule has 0 aliphatic carbocycles. The molecule has 0 saturated heterocycles. The Kier molecular flexibility index (Phi) is 4.71. The predicted octanol–water partition coefficient (Wildman–Crippen LogP) is 2.02. The second-order valence-corrected chi connectivity index (χ2v) is 4.90. The summed E-state index contributed by atoms with van der Waals surface area (Å²) in [5.74, 6) is -0.546. The fourth-order valence-corrected chi connectivity index (χ4v) is 2.11. The molecule has 0 unspecified atom stereocenters. The molecule has 1 aromatic heterocycles. The summed E-state index contributed by atoms with van der Waals surface area (Å²) in [6.07, 6.45) is 0. The van der Waals surface area contributed by atoms with Crippen molar-refractivity contribution in [3.63, 3.8) is 0 Å². The topological polar surface area (TPSA) is 111 Å². The Morgan fingerprint density at radius 2 is 2.04 bits per heavy atom. The van der Waals surface area contributed by atoms with Crippen LogP contribution in [0.4, 0.5) is 5.69 Å². The summed E-state index contributed by atoms with van der Waals surface area (Å²) in [7, 11) is 0. The third-order valence-corrected chi connectivity index (χ3v) is 3.29. The molecule has 1 aromatic carbocycles. The molecule has 8 heteroatoms. The Morgan fingerprint density at radius 1 is 1.39 bits per heavy atom. The molecule has 2 rings (SSSR count). The predicted molar refractivity (Wildman–Crippen MR) is 79.3 cm³/mol. The number of hydrogen-bond donors (Lipinski definition) is 0. The SMILES string of the molecule is Cc1nn(CC(=O)OCc2ccc(C#N)cc2)c(C)c1[N+](=O)[O-]. The van der Waals surface area contributed by atoms with Gasteiger partial charge in [-0.1, -0.05) is 12.1 Å². The van der Waals surface area contributed by atoms with Gasteiger partial charge in [-0.15, -0.1) is 0 Å². The number of aryl methyl sites for hydroxylation is 1. The van der Waals surface area contributed by atoms with Gasteiger partial charge in [0.2, 0.25) is 0 Å². The van der Waals surface area contributed by atoms with Gasteiger partial charge in [0.1, 0.15) is 24.5 Å². The van der Waals surface area contributed by atoms with Gasteiger partial charge in [0, 0.05) is 0 Å². The van der Waals surface area contributed by atoms with E-state index in [9.17, 15) is 14.9 Å². The first-order valence-corrected chi connectivity index (χ1v) is 6.75. The van der Waals surface area contributed by atoms with Crippen molar-refractivity contribution in [1.82, 2.24) is 9.78 Å². The molecule has 8 nitrogen and oxygen atoms in total. The maximum Gasteiger partial charge on any atom is 0.328 e. The lowest BCUT2D eigenvalue weighted by Crippen LogP contribution is -2.15. The number of nitrogens with zero attached hydrogens (tertiary/aromatic N) is 4. The van der Waals surface area contributed by atoms with Gasteiger partial charge in [0.15, 0.2) is 0 Å². The van der Waals surface area contributed by atoms with Gasteiger partial charge in [-0.05, 0) is 31.5 Å². The molecule has 0 saturated carbocycles. The summed E-state index contributed by atoms with van der Waals surface area (Å²) in [5.41, 5.74) is 1.74. The fourth-order valence-electron chi connectivity index (χ4n) is 2.11. The second-order valence-electron chi connectivity index (χ2n) is 4.90. The molecule has 0 spiro atoms. The van der Waals surface area contributed by atoms with E-state index in [0.29, 0.717) is 11.3 Å². The number of ether oxygens (including phenoxy) is 1. The summed E-state index contributed by atoms with van der Waals surface area (Å²) < 4.78 is 6.38. The summed E-state index contributed by atoms with van der Waals surface area (Å²) in [6.45, 7) is 2.92. The number of carbonyl (C=O) groups excluding carboxylic acids is 1. The molecule has 0 fully saturated rings. The van der Waals surface area contributed by atoms with E-state index in [-0.39, 0.29) is 24.5 Å². The average Bonchev–Trinajstić information content (AvgIpc) is 2.79. The van der Waals surface area contributed by atoms with Gasteiger partial charge >= 0.3 is 11.7 Å². The van der Waals surface area contributed by atoms with Gasteiger partial charge < -0.3 is 4.74 Å². The van der Waals surface area contributed by atoms with Crippen molar-refractivity contribution in [2.45, 2.75) is 27.0 Å². The van der Waals surface area contributed by atoms with Crippen LogP contribution in [-0.4, -0.2) is 20.7 Å². The maximum absolute atomic E-state index is 11.8. The molecule has 0 amide bonds. The number of nitriles is 1. The number of benzene rings is 1. The van der Waals surface area contributed by atoms with E-state index < -0.39 is 10.9 Å². The first kappa shape index (κ1) is 16.2. The van der Waals surface area contributed by atoms with E-state index in [1.54, 1.807) is 24.3 Å². The molecule has 23 heavy (non-hydrogen) atoms. The van der Waals surface area contributed by atoms with Crippen molar-refractivity contribution in [3.8, 4) is 6.07 Å². The second kappa shape index (κ2) is 6.70. The van der Waals surface area contributed by atoms with Crippen LogP contribution in [0.1, 0.15) is 22.5 Å². The van der Waals surface area contributed by atoms with Crippen molar-refractivity contribution >= 4 is 11.7 Å². The molecule has 118 valence electrons. The van der Waals surface area contributed by atoms with Crippen LogP contribution in [0.2, 0.25) is 0 Å². The molecule has 0 atom stereocenters. The molecular formula is C15H14N4O4. The van der Waals surface area contributed by atoms with Gasteiger partial charge in [-0.25, -0.2) is 0 Å². The zero-order chi connectivity index (χ0) is 17.0. The molecule has 1 heterocycles. The summed E-state index contributed by atoms with van der Waals surface area (Å²) in [4.78, 5) is 22.2. The van der Waals surface area contributed by atoms with Crippen LogP contribution in [0.3, 0.4) is 0 Å². The first-order valence-electron chi connectivity index (χ1n) is 6.75. The Bertz CT molecular complexity index is 787. The smallest absolute Gasteiger partial charge is 0.328 e. The van der Waals surface area contributed by atoms with E-state index in [0.717, 1.165) is 5.56 Å². The third-order valence-electron chi connectivity index (χ3n) is 3.29. The minimum absolute atomic E-state index is 0.0614. The minimum atomic E-state index is -0.546. The van der Waals surface area contributed by atoms with Crippen LogP contribution in [0.15, 0.2) is 24.3 Å². The number of esters is 1. The lowest BCUT2D eigenvalue weighted by Gasteiger charge is -2.06. The lowest BCUT2D eigenvalue weighted by atomic mass is 10.2. The Labute approximate surface area is 132 Å². The Morgan fingerprint density at radius 3 is 2.57 bits per heavy atom. The summed E-state index contributed by atoms with van der Waals surface area (Å²) >= 11 is 0. The highest BCUT2D eigenvalue weighted by Gasteiger charge is 2.23. The normalized spacial score (nSPS) is 10.1. The number of carbonyl (C=O) groups is 1. The number of nitro groups is 1. The van der Waals surface area contributed by atoms with Crippen molar-refractivity contribution in [2.24, 2.45) is 0 Å². The highest BCUT2D eigenvalue weighted by Crippen LogP contribution is 2.21. The lowest BCUT2D eigenvalue weighted by molar-refractivity contribution is -0.386. The van der Waals surface area contributed by atoms with Crippen molar-refractivity contribution in [2.75, 3.05) is 0 Å². The Balaban J connectivity index is 1.98. The quantitative estimate of drug-likeness (QED) is 0.474. The average molecular weight is 314 g/mol. The van der Waals surface area contributed by atoms with E-state index >= 15 is 0 Å². The minimum Gasteiger partial charge on any atom is -0.459 e. The van der Waals surface area contributed by atoms with Gasteiger partial charge in [-0.2, -0.15) is 10.4 Å². The van der Waals surface area contributed by atoms with E-state index in [1.807, 2.05) is 6.07 Å². The summed E-state index contributed by atoms with van der Waals surface area (Å²) in [6, 6.07) is 8.65. The first-order chi connectivity index (χ1) is 10.9. The standard InChI is InChI=1S/C15H14N4O4/c1-10-15(19(21)22)11(2)18(17-10)8-14(20)23-9-13-5-3-12(7-16)4-6-13/h3-6H,8-9H2,1-2H3. The van der Waals surface area contributed by atoms with Gasteiger partial charge in [0.25, 0.3) is 0 Å². The molecule has 0 bridgehead atoms. The number of hydrogen-bond acceptors (Lipinski definition) is 6. The number of aromatic nitrogens is 2.